The molecule has 80 valence electrons. The highest BCUT2D eigenvalue weighted by Crippen LogP contribution is 2.52. The zero-order valence-corrected chi connectivity index (χ0v) is 9.13. The second-order valence-corrected chi connectivity index (χ2v) is 5.25. The van der Waals surface area contributed by atoms with Crippen LogP contribution in [0.2, 0.25) is 0 Å². The predicted octanol–water partition coefficient (Wildman–Crippen LogP) is 1.75. The maximum absolute atomic E-state index is 11.6. The Morgan fingerprint density at radius 1 is 1.50 bits per heavy atom. The molecule has 0 bridgehead atoms. The molecule has 2 fully saturated rings. The van der Waals surface area contributed by atoms with Gasteiger partial charge in [0.1, 0.15) is 0 Å². The highest BCUT2D eigenvalue weighted by molar-refractivity contribution is 5.73. The van der Waals surface area contributed by atoms with E-state index in [1.807, 2.05) is 0 Å². The zero-order chi connectivity index (χ0) is 10.4. The van der Waals surface area contributed by atoms with Crippen molar-refractivity contribution in [3.8, 4) is 0 Å². The molecule has 2 atom stereocenters. The standard InChI is InChI=1S/C11H18O3/c1-10(2)6-11(7-14-11)5-4-8(10)9(12)13-3/h8H,4-7H2,1-3H3/t8?,11-/m1/s1. The molecule has 0 aromatic heterocycles. The number of methoxy groups -OCH3 is 1. The lowest BCUT2D eigenvalue weighted by Crippen LogP contribution is -2.41. The number of hydrogen-bond donors (Lipinski definition) is 0. The van der Waals surface area contributed by atoms with Crippen molar-refractivity contribution < 1.29 is 14.3 Å². The lowest BCUT2D eigenvalue weighted by Gasteiger charge is -2.39. The van der Waals surface area contributed by atoms with Crippen molar-refractivity contribution in [2.24, 2.45) is 11.3 Å². The number of rotatable bonds is 1. The summed E-state index contributed by atoms with van der Waals surface area (Å²) in [6, 6.07) is 0. The molecule has 3 nitrogen and oxygen atoms in total. The molecule has 3 heteroatoms. The fraction of sp³-hybridized carbons (Fsp3) is 0.909. The van der Waals surface area contributed by atoms with E-state index in [0.29, 0.717) is 0 Å². The topological polar surface area (TPSA) is 38.8 Å². The Bertz CT molecular complexity index is 253. The van der Waals surface area contributed by atoms with Crippen LogP contribution in [-0.2, 0) is 14.3 Å². The Morgan fingerprint density at radius 3 is 2.57 bits per heavy atom. The molecule has 0 N–H and O–H groups in total. The lowest BCUT2D eigenvalue weighted by atomic mass is 9.65. The lowest BCUT2D eigenvalue weighted by molar-refractivity contribution is -0.152. The summed E-state index contributed by atoms with van der Waals surface area (Å²) < 4.78 is 10.3. The minimum atomic E-state index is -0.0644. The van der Waals surface area contributed by atoms with E-state index >= 15 is 0 Å². The number of carbonyl (C=O) groups excluding carboxylic acids is 1. The molecule has 1 unspecified atom stereocenters. The molecule has 1 aliphatic heterocycles. The van der Waals surface area contributed by atoms with Crippen LogP contribution in [0.5, 0.6) is 0 Å². The summed E-state index contributed by atoms with van der Waals surface area (Å²) in [7, 11) is 1.47. The van der Waals surface area contributed by atoms with Crippen molar-refractivity contribution >= 4 is 5.97 Å². The first-order chi connectivity index (χ1) is 6.49. The van der Waals surface area contributed by atoms with Gasteiger partial charge in [-0.2, -0.15) is 0 Å². The first-order valence-electron chi connectivity index (χ1n) is 5.21. The second kappa shape index (κ2) is 2.96. The van der Waals surface area contributed by atoms with Crippen molar-refractivity contribution in [1.82, 2.24) is 0 Å². The van der Waals surface area contributed by atoms with E-state index in [0.717, 1.165) is 25.9 Å². The van der Waals surface area contributed by atoms with E-state index in [-0.39, 0.29) is 22.9 Å². The molecule has 2 rings (SSSR count). The SMILES string of the molecule is COC(=O)C1CC[C@]2(CO2)CC1(C)C. The first-order valence-corrected chi connectivity index (χ1v) is 5.21. The first kappa shape index (κ1) is 9.97. The highest BCUT2D eigenvalue weighted by Gasteiger charge is 2.55. The fourth-order valence-electron chi connectivity index (χ4n) is 2.77. The highest BCUT2D eigenvalue weighted by atomic mass is 16.6. The van der Waals surface area contributed by atoms with Crippen molar-refractivity contribution in [3.63, 3.8) is 0 Å². The van der Waals surface area contributed by atoms with Crippen molar-refractivity contribution in [2.45, 2.75) is 38.7 Å². The summed E-state index contributed by atoms with van der Waals surface area (Å²) >= 11 is 0. The molecule has 0 amide bonds. The van der Waals surface area contributed by atoms with E-state index in [9.17, 15) is 4.79 Å². The molecular formula is C11H18O3. The average molecular weight is 198 g/mol. The Hall–Kier alpha value is -0.570. The third-order valence-electron chi connectivity index (χ3n) is 3.65. The van der Waals surface area contributed by atoms with Crippen LogP contribution in [0.4, 0.5) is 0 Å². The van der Waals surface area contributed by atoms with Gasteiger partial charge in [-0.3, -0.25) is 4.79 Å². The van der Waals surface area contributed by atoms with E-state index in [1.54, 1.807) is 0 Å². The van der Waals surface area contributed by atoms with Crippen LogP contribution in [0.15, 0.2) is 0 Å². The summed E-state index contributed by atoms with van der Waals surface area (Å²) in [5.74, 6) is -0.0205. The van der Waals surface area contributed by atoms with Crippen LogP contribution in [0.25, 0.3) is 0 Å². The van der Waals surface area contributed by atoms with Gasteiger partial charge in [0.15, 0.2) is 0 Å². The number of epoxide rings is 1. The molecule has 0 aromatic rings. The van der Waals surface area contributed by atoms with Gasteiger partial charge in [0.25, 0.3) is 0 Å². The maximum atomic E-state index is 11.6. The van der Waals surface area contributed by atoms with Crippen LogP contribution in [-0.4, -0.2) is 25.3 Å². The Morgan fingerprint density at radius 2 is 2.14 bits per heavy atom. The third kappa shape index (κ3) is 1.54. The smallest absolute Gasteiger partial charge is 0.309 e. The number of carbonyl (C=O) groups is 1. The quantitative estimate of drug-likeness (QED) is 0.476. The van der Waals surface area contributed by atoms with Gasteiger partial charge in [0, 0.05) is 0 Å². The summed E-state index contributed by atoms with van der Waals surface area (Å²) in [4.78, 5) is 11.6. The number of esters is 1. The van der Waals surface area contributed by atoms with Gasteiger partial charge in [-0.25, -0.2) is 0 Å². The normalized spacial score (nSPS) is 39.5. The van der Waals surface area contributed by atoms with Gasteiger partial charge in [0.2, 0.25) is 0 Å². The average Bonchev–Trinajstić information content (AvgIpc) is 2.82. The fourth-order valence-corrected chi connectivity index (χ4v) is 2.77. The summed E-state index contributed by atoms with van der Waals surface area (Å²) in [5.41, 5.74) is 0.135. The van der Waals surface area contributed by atoms with E-state index < -0.39 is 0 Å². The van der Waals surface area contributed by atoms with Gasteiger partial charge < -0.3 is 9.47 Å². The monoisotopic (exact) mass is 198 g/mol. The Balaban J connectivity index is 2.09. The summed E-state index contributed by atoms with van der Waals surface area (Å²) in [6.45, 7) is 5.15. The van der Waals surface area contributed by atoms with Crippen LogP contribution in [0, 0.1) is 11.3 Å². The molecule has 1 saturated carbocycles. The van der Waals surface area contributed by atoms with Crippen molar-refractivity contribution in [3.05, 3.63) is 0 Å². The molecule has 2 aliphatic rings. The minimum absolute atomic E-state index is 0.0157. The Labute approximate surface area is 84.8 Å². The molecule has 1 heterocycles. The van der Waals surface area contributed by atoms with Crippen LogP contribution < -0.4 is 0 Å². The summed E-state index contributed by atoms with van der Waals surface area (Å²) in [6.07, 6.45) is 2.90. The van der Waals surface area contributed by atoms with E-state index in [1.165, 1.54) is 7.11 Å². The van der Waals surface area contributed by atoms with Crippen LogP contribution in [0.1, 0.15) is 33.1 Å². The van der Waals surface area contributed by atoms with E-state index in [2.05, 4.69) is 13.8 Å². The molecule has 0 aromatic carbocycles. The van der Waals surface area contributed by atoms with Gasteiger partial charge in [-0.15, -0.1) is 0 Å². The van der Waals surface area contributed by atoms with Crippen molar-refractivity contribution in [2.75, 3.05) is 13.7 Å². The molecular weight excluding hydrogens is 180 g/mol. The second-order valence-electron chi connectivity index (χ2n) is 5.25. The molecule has 1 aliphatic carbocycles. The number of hydrogen-bond acceptors (Lipinski definition) is 3. The number of ether oxygens (including phenoxy) is 2. The molecule has 14 heavy (non-hydrogen) atoms. The van der Waals surface area contributed by atoms with Crippen LogP contribution in [0.3, 0.4) is 0 Å². The summed E-state index contributed by atoms with van der Waals surface area (Å²) in [5, 5.41) is 0. The van der Waals surface area contributed by atoms with E-state index in [4.69, 9.17) is 9.47 Å². The van der Waals surface area contributed by atoms with Crippen LogP contribution >= 0.6 is 0 Å². The molecule has 0 radical (unpaired) electrons. The predicted molar refractivity (Wildman–Crippen MR) is 51.8 cm³/mol. The van der Waals surface area contributed by atoms with Gasteiger partial charge in [0.05, 0.1) is 25.2 Å². The van der Waals surface area contributed by atoms with Gasteiger partial charge in [-0.05, 0) is 24.7 Å². The minimum Gasteiger partial charge on any atom is -0.469 e. The molecule has 1 saturated heterocycles. The zero-order valence-electron chi connectivity index (χ0n) is 9.13. The Kier molecular flexibility index (Phi) is 2.11. The van der Waals surface area contributed by atoms with Gasteiger partial charge >= 0.3 is 5.97 Å². The van der Waals surface area contributed by atoms with Crippen molar-refractivity contribution in [1.29, 1.82) is 0 Å². The third-order valence-corrected chi connectivity index (χ3v) is 3.65. The largest absolute Gasteiger partial charge is 0.469 e. The maximum Gasteiger partial charge on any atom is 0.309 e. The molecule has 1 spiro atoms. The van der Waals surface area contributed by atoms with Gasteiger partial charge in [-0.1, -0.05) is 13.8 Å².